The van der Waals surface area contributed by atoms with Gasteiger partial charge in [-0.3, -0.25) is 4.79 Å². The van der Waals surface area contributed by atoms with Gasteiger partial charge in [0.2, 0.25) is 0 Å². The highest BCUT2D eigenvalue weighted by molar-refractivity contribution is 7.90. The number of thiazole rings is 1. The fourth-order valence-electron chi connectivity index (χ4n) is 2.11. The Hall–Kier alpha value is -2.65. The molecule has 25 heavy (non-hydrogen) atoms. The van der Waals surface area contributed by atoms with E-state index in [4.69, 9.17) is 9.15 Å². The molecule has 130 valence electrons. The quantitative estimate of drug-likeness (QED) is 0.733. The number of sulfonamides is 1. The van der Waals surface area contributed by atoms with E-state index >= 15 is 0 Å². The normalized spacial score (nSPS) is 11.3. The van der Waals surface area contributed by atoms with Crippen LogP contribution in [0, 0.1) is 6.92 Å². The van der Waals surface area contributed by atoms with E-state index in [1.807, 2.05) is 4.72 Å². The van der Waals surface area contributed by atoms with Gasteiger partial charge < -0.3 is 9.15 Å². The van der Waals surface area contributed by atoms with Crippen LogP contribution in [0.15, 0.2) is 52.0 Å². The Labute approximate surface area is 148 Å². The Kier molecular flexibility index (Phi) is 4.60. The number of carbonyl (C=O) groups excluding carboxylic acids is 1. The van der Waals surface area contributed by atoms with Crippen molar-refractivity contribution in [3.8, 4) is 16.5 Å². The number of carbonyl (C=O) groups is 1. The fraction of sp³-hybridized carbons (Fsp3) is 0.125. The SMILES string of the molecule is COc1cccc(S(=O)(=O)NC(=O)c2nc(-c3ccco3)sc2C)c1. The molecule has 0 bridgehead atoms. The van der Waals surface area contributed by atoms with Crippen LogP contribution in [0.1, 0.15) is 15.4 Å². The molecule has 1 N–H and O–H groups in total. The standard InChI is InChI=1S/C16H14N2O5S2/c1-10-14(17-16(24-10)13-7-4-8-23-13)15(19)18-25(20,21)12-6-3-5-11(9-12)22-2/h3-9H,1-2H3,(H,18,19). The number of hydrogen-bond donors (Lipinski definition) is 1. The molecule has 2 heterocycles. The summed E-state index contributed by atoms with van der Waals surface area (Å²) in [5, 5.41) is 0.506. The minimum Gasteiger partial charge on any atom is -0.497 e. The Morgan fingerprint density at radius 1 is 1.28 bits per heavy atom. The van der Waals surface area contributed by atoms with Gasteiger partial charge in [0.15, 0.2) is 10.8 Å². The molecule has 3 aromatic rings. The largest absolute Gasteiger partial charge is 0.497 e. The van der Waals surface area contributed by atoms with E-state index in [1.54, 1.807) is 25.1 Å². The summed E-state index contributed by atoms with van der Waals surface area (Å²) in [7, 11) is -2.61. The highest BCUT2D eigenvalue weighted by Gasteiger charge is 2.23. The van der Waals surface area contributed by atoms with Gasteiger partial charge in [-0.15, -0.1) is 11.3 Å². The number of rotatable bonds is 5. The molecule has 3 rings (SSSR count). The summed E-state index contributed by atoms with van der Waals surface area (Å²) >= 11 is 1.25. The predicted molar refractivity (Wildman–Crippen MR) is 92.2 cm³/mol. The van der Waals surface area contributed by atoms with Crippen molar-refractivity contribution >= 4 is 27.3 Å². The van der Waals surface area contributed by atoms with Gasteiger partial charge in [0.05, 0.1) is 18.3 Å². The maximum Gasteiger partial charge on any atom is 0.284 e. The molecule has 1 amide bonds. The van der Waals surface area contributed by atoms with Crippen molar-refractivity contribution in [3.63, 3.8) is 0 Å². The first kappa shape index (κ1) is 17.2. The van der Waals surface area contributed by atoms with Crippen LogP contribution >= 0.6 is 11.3 Å². The second-order valence-corrected chi connectivity index (χ2v) is 7.90. The van der Waals surface area contributed by atoms with Crippen LogP contribution in [0.3, 0.4) is 0 Å². The van der Waals surface area contributed by atoms with Crippen molar-refractivity contribution in [1.29, 1.82) is 0 Å². The highest BCUT2D eigenvalue weighted by Crippen LogP contribution is 2.28. The lowest BCUT2D eigenvalue weighted by Crippen LogP contribution is -2.31. The van der Waals surface area contributed by atoms with Gasteiger partial charge in [-0.1, -0.05) is 6.07 Å². The smallest absolute Gasteiger partial charge is 0.284 e. The van der Waals surface area contributed by atoms with Crippen molar-refractivity contribution in [2.75, 3.05) is 7.11 Å². The second kappa shape index (κ2) is 6.69. The molecule has 0 radical (unpaired) electrons. The number of furan rings is 1. The molecule has 0 atom stereocenters. The molecule has 0 unspecified atom stereocenters. The van der Waals surface area contributed by atoms with Crippen LogP contribution < -0.4 is 9.46 Å². The van der Waals surface area contributed by atoms with Gasteiger partial charge in [-0.25, -0.2) is 18.1 Å². The third-order valence-corrected chi connectivity index (χ3v) is 5.64. The minimum absolute atomic E-state index is 0.0443. The van der Waals surface area contributed by atoms with E-state index in [1.165, 1.54) is 42.9 Å². The lowest BCUT2D eigenvalue weighted by Gasteiger charge is -2.07. The van der Waals surface area contributed by atoms with Crippen LogP contribution in [-0.2, 0) is 10.0 Å². The zero-order valence-electron chi connectivity index (χ0n) is 13.3. The Morgan fingerprint density at radius 2 is 2.08 bits per heavy atom. The molecule has 0 aliphatic carbocycles. The summed E-state index contributed by atoms with van der Waals surface area (Å²) in [6.07, 6.45) is 1.50. The van der Waals surface area contributed by atoms with E-state index in [0.29, 0.717) is 21.4 Å². The van der Waals surface area contributed by atoms with E-state index in [9.17, 15) is 13.2 Å². The number of benzene rings is 1. The van der Waals surface area contributed by atoms with Gasteiger partial charge in [0.25, 0.3) is 15.9 Å². The van der Waals surface area contributed by atoms with E-state index in [0.717, 1.165) is 0 Å². The van der Waals surface area contributed by atoms with Crippen molar-refractivity contribution in [2.45, 2.75) is 11.8 Å². The third kappa shape index (κ3) is 3.57. The first-order valence-electron chi connectivity index (χ1n) is 7.13. The molecule has 0 aliphatic heterocycles. The van der Waals surface area contributed by atoms with E-state index < -0.39 is 15.9 Å². The molecule has 7 nitrogen and oxygen atoms in total. The maximum atomic E-state index is 12.4. The van der Waals surface area contributed by atoms with Crippen molar-refractivity contribution in [3.05, 3.63) is 53.2 Å². The first-order valence-corrected chi connectivity index (χ1v) is 9.43. The fourth-order valence-corrected chi connectivity index (χ4v) is 3.98. The summed E-state index contributed by atoms with van der Waals surface area (Å²) in [6.45, 7) is 1.69. The van der Waals surface area contributed by atoms with Crippen LogP contribution in [0.4, 0.5) is 0 Å². The van der Waals surface area contributed by atoms with Crippen molar-refractivity contribution < 1.29 is 22.4 Å². The number of nitrogens with zero attached hydrogens (tertiary/aromatic N) is 1. The van der Waals surface area contributed by atoms with Gasteiger partial charge >= 0.3 is 0 Å². The van der Waals surface area contributed by atoms with E-state index in [-0.39, 0.29) is 10.6 Å². The lowest BCUT2D eigenvalue weighted by atomic mass is 10.3. The number of hydrogen-bond acceptors (Lipinski definition) is 7. The van der Waals surface area contributed by atoms with Gasteiger partial charge in [0, 0.05) is 10.9 Å². The zero-order valence-corrected chi connectivity index (χ0v) is 15.0. The Bertz CT molecular complexity index is 1010. The number of amides is 1. The number of methoxy groups -OCH3 is 1. The third-order valence-electron chi connectivity index (χ3n) is 3.32. The van der Waals surface area contributed by atoms with Crippen LogP contribution in [0.25, 0.3) is 10.8 Å². The molecule has 0 aliphatic rings. The van der Waals surface area contributed by atoms with Crippen molar-refractivity contribution in [1.82, 2.24) is 9.71 Å². The van der Waals surface area contributed by atoms with Gasteiger partial charge in [0.1, 0.15) is 11.4 Å². The monoisotopic (exact) mass is 378 g/mol. The summed E-state index contributed by atoms with van der Waals surface area (Å²) in [6, 6.07) is 9.27. The molecular formula is C16H14N2O5S2. The molecular weight excluding hydrogens is 364 g/mol. The summed E-state index contributed by atoms with van der Waals surface area (Å²) in [5.41, 5.74) is 0.0443. The van der Waals surface area contributed by atoms with Gasteiger partial charge in [-0.2, -0.15) is 0 Å². The van der Waals surface area contributed by atoms with E-state index in [2.05, 4.69) is 4.98 Å². The number of aromatic nitrogens is 1. The average molecular weight is 378 g/mol. The Morgan fingerprint density at radius 3 is 2.76 bits per heavy atom. The number of nitrogens with one attached hydrogen (secondary N) is 1. The first-order chi connectivity index (χ1) is 11.9. The molecule has 0 fully saturated rings. The van der Waals surface area contributed by atoms with Crippen LogP contribution in [0.5, 0.6) is 5.75 Å². The average Bonchev–Trinajstić information content (AvgIpc) is 3.23. The number of ether oxygens (including phenoxy) is 1. The predicted octanol–water partition coefficient (Wildman–Crippen LogP) is 2.84. The Balaban J connectivity index is 1.86. The topological polar surface area (TPSA) is 98.5 Å². The highest BCUT2D eigenvalue weighted by atomic mass is 32.2. The van der Waals surface area contributed by atoms with Crippen molar-refractivity contribution in [2.24, 2.45) is 0 Å². The second-order valence-electron chi connectivity index (χ2n) is 5.01. The van der Waals surface area contributed by atoms with Gasteiger partial charge in [-0.05, 0) is 31.2 Å². The summed E-state index contributed by atoms with van der Waals surface area (Å²) in [5.74, 6) is 0.0949. The van der Waals surface area contributed by atoms with Crippen LogP contribution in [0.2, 0.25) is 0 Å². The molecule has 2 aromatic heterocycles. The molecule has 9 heteroatoms. The lowest BCUT2D eigenvalue weighted by molar-refractivity contribution is 0.0976. The zero-order chi connectivity index (χ0) is 18.0. The molecule has 0 saturated carbocycles. The molecule has 0 spiro atoms. The summed E-state index contributed by atoms with van der Waals surface area (Å²) < 4.78 is 37.1. The molecule has 1 aromatic carbocycles. The minimum atomic E-state index is -4.04. The summed E-state index contributed by atoms with van der Waals surface area (Å²) in [4.78, 5) is 17.1. The number of aryl methyl sites for hydroxylation is 1. The van der Waals surface area contributed by atoms with Crippen LogP contribution in [-0.4, -0.2) is 26.4 Å². The maximum absolute atomic E-state index is 12.4. The molecule has 0 saturated heterocycles.